The molecule has 0 unspecified atom stereocenters. The lowest BCUT2D eigenvalue weighted by Crippen LogP contribution is -1.93. The van der Waals surface area contributed by atoms with E-state index in [-0.39, 0.29) is 0 Å². The third-order valence-corrected chi connectivity index (χ3v) is 10.4. The van der Waals surface area contributed by atoms with Gasteiger partial charge in [-0.1, -0.05) is 152 Å². The van der Waals surface area contributed by atoms with Crippen molar-refractivity contribution in [2.75, 3.05) is 0 Å². The molecule has 230 valence electrons. The van der Waals surface area contributed by atoms with E-state index in [0.717, 1.165) is 16.3 Å². The third-order valence-electron chi connectivity index (χ3n) is 10.4. The molecule has 0 heterocycles. The highest BCUT2D eigenvalue weighted by atomic mass is 14.3. The Morgan fingerprint density at radius 3 is 1.54 bits per heavy atom. The quantitative estimate of drug-likeness (QED) is 0.190. The van der Waals surface area contributed by atoms with Crippen molar-refractivity contribution in [1.29, 1.82) is 5.26 Å². The van der Waals surface area contributed by atoms with Gasteiger partial charge in [-0.3, -0.25) is 0 Å². The Hall–Kier alpha value is -6.75. The van der Waals surface area contributed by atoms with Gasteiger partial charge in [0.15, 0.2) is 0 Å². The molecular formula is C49H29N. The fourth-order valence-electron chi connectivity index (χ4n) is 8.22. The van der Waals surface area contributed by atoms with Gasteiger partial charge in [0.05, 0.1) is 11.6 Å². The zero-order valence-corrected chi connectivity index (χ0v) is 27.2. The van der Waals surface area contributed by atoms with Crippen LogP contribution in [0.15, 0.2) is 176 Å². The van der Waals surface area contributed by atoms with Crippen LogP contribution in [0.4, 0.5) is 0 Å². The standard InChI is InChI=1S/C49H29N/c50-30-31-21-22-36-28-37(24-23-35(36)27-31)34-15-9-16-38(29-34)39-25-26-44-47-40(39)19-10-20-43(47)48-45(32-11-3-1-4-12-32)41-17-7-8-18-42(41)46(49(44)48)33-13-5-2-6-14-33/h1-29H. The molecular weight excluding hydrogens is 603 g/mol. The Morgan fingerprint density at radius 1 is 0.320 bits per heavy atom. The third kappa shape index (κ3) is 4.26. The predicted molar refractivity (Wildman–Crippen MR) is 210 cm³/mol. The van der Waals surface area contributed by atoms with Gasteiger partial charge in [0, 0.05) is 0 Å². The molecule has 0 saturated heterocycles. The van der Waals surface area contributed by atoms with Gasteiger partial charge < -0.3 is 0 Å². The predicted octanol–water partition coefficient (Wildman–Crippen LogP) is 13.3. The minimum absolute atomic E-state index is 0.682. The van der Waals surface area contributed by atoms with Crippen LogP contribution in [0.3, 0.4) is 0 Å². The van der Waals surface area contributed by atoms with Crippen LogP contribution in [0, 0.1) is 11.3 Å². The molecule has 0 N–H and O–H groups in total. The van der Waals surface area contributed by atoms with E-state index in [9.17, 15) is 5.26 Å². The number of nitrogens with zero attached hydrogens (tertiary/aromatic N) is 1. The topological polar surface area (TPSA) is 23.8 Å². The summed E-state index contributed by atoms with van der Waals surface area (Å²) in [5.41, 5.74) is 15.7. The molecule has 0 radical (unpaired) electrons. The molecule has 10 rings (SSSR count). The molecule has 50 heavy (non-hydrogen) atoms. The number of benzene rings is 9. The largest absolute Gasteiger partial charge is 0.192 e. The van der Waals surface area contributed by atoms with E-state index < -0.39 is 0 Å². The van der Waals surface area contributed by atoms with Gasteiger partial charge in [-0.15, -0.1) is 0 Å². The molecule has 0 bridgehead atoms. The first-order valence-electron chi connectivity index (χ1n) is 17.1. The molecule has 0 aliphatic heterocycles. The summed E-state index contributed by atoms with van der Waals surface area (Å²) in [5.74, 6) is 0. The highest BCUT2D eigenvalue weighted by molar-refractivity contribution is 6.28. The lowest BCUT2D eigenvalue weighted by molar-refractivity contribution is 1.50. The Labute approximate surface area is 291 Å². The maximum absolute atomic E-state index is 9.36. The number of rotatable bonds is 4. The zero-order chi connectivity index (χ0) is 33.2. The van der Waals surface area contributed by atoms with Crippen molar-refractivity contribution in [3.8, 4) is 72.8 Å². The van der Waals surface area contributed by atoms with E-state index in [1.807, 2.05) is 18.2 Å². The van der Waals surface area contributed by atoms with Crippen LogP contribution in [-0.4, -0.2) is 0 Å². The van der Waals surface area contributed by atoms with Gasteiger partial charge in [-0.05, 0) is 123 Å². The van der Waals surface area contributed by atoms with Gasteiger partial charge in [-0.2, -0.15) is 5.26 Å². The first-order chi connectivity index (χ1) is 24.8. The molecule has 1 heteroatoms. The van der Waals surface area contributed by atoms with Crippen LogP contribution in [0.25, 0.3) is 99.1 Å². The average molecular weight is 632 g/mol. The first-order valence-corrected chi connectivity index (χ1v) is 17.1. The lowest BCUT2D eigenvalue weighted by atomic mass is 9.82. The Balaban J connectivity index is 1.22. The van der Waals surface area contributed by atoms with Gasteiger partial charge in [0.2, 0.25) is 0 Å². The van der Waals surface area contributed by atoms with E-state index in [4.69, 9.17) is 0 Å². The van der Waals surface area contributed by atoms with Gasteiger partial charge in [0.25, 0.3) is 0 Å². The smallest absolute Gasteiger partial charge is 0.0991 e. The minimum atomic E-state index is 0.682. The summed E-state index contributed by atoms with van der Waals surface area (Å²) in [4.78, 5) is 0. The summed E-state index contributed by atoms with van der Waals surface area (Å²) >= 11 is 0. The fraction of sp³-hybridized carbons (Fsp3) is 0. The zero-order valence-electron chi connectivity index (χ0n) is 27.2. The molecule has 0 saturated carbocycles. The molecule has 0 aromatic heterocycles. The summed E-state index contributed by atoms with van der Waals surface area (Å²) in [7, 11) is 0. The fourth-order valence-corrected chi connectivity index (χ4v) is 8.22. The van der Waals surface area contributed by atoms with Crippen molar-refractivity contribution in [1.82, 2.24) is 0 Å². The van der Waals surface area contributed by atoms with Crippen molar-refractivity contribution in [3.05, 3.63) is 181 Å². The van der Waals surface area contributed by atoms with Crippen molar-refractivity contribution in [3.63, 3.8) is 0 Å². The van der Waals surface area contributed by atoms with Crippen LogP contribution in [0.5, 0.6) is 0 Å². The number of nitriles is 1. The maximum Gasteiger partial charge on any atom is 0.0991 e. The summed E-state index contributed by atoms with van der Waals surface area (Å²) in [6.45, 7) is 0. The second kappa shape index (κ2) is 11.2. The van der Waals surface area contributed by atoms with Gasteiger partial charge in [0.1, 0.15) is 0 Å². The van der Waals surface area contributed by atoms with Crippen molar-refractivity contribution >= 4 is 32.3 Å². The normalized spacial score (nSPS) is 11.6. The van der Waals surface area contributed by atoms with Crippen LogP contribution < -0.4 is 0 Å². The van der Waals surface area contributed by atoms with Crippen LogP contribution in [0.1, 0.15) is 5.56 Å². The summed E-state index contributed by atoms with van der Waals surface area (Å²) in [5, 5.41) is 16.7. The molecule has 9 aromatic carbocycles. The molecule has 0 atom stereocenters. The van der Waals surface area contributed by atoms with Crippen LogP contribution in [0.2, 0.25) is 0 Å². The molecule has 9 aromatic rings. The molecule has 0 spiro atoms. The van der Waals surface area contributed by atoms with Gasteiger partial charge in [-0.25, -0.2) is 0 Å². The highest BCUT2D eigenvalue weighted by Gasteiger charge is 2.31. The van der Waals surface area contributed by atoms with E-state index in [2.05, 4.69) is 164 Å². The van der Waals surface area contributed by atoms with Crippen molar-refractivity contribution in [2.24, 2.45) is 0 Å². The average Bonchev–Trinajstić information content (AvgIpc) is 3.52. The monoisotopic (exact) mass is 631 g/mol. The SMILES string of the molecule is N#Cc1ccc2cc(-c3cccc(-c4ccc5c6c(cccc46)-c4c-5c(-c5ccccc5)c5ccccc5c4-c4ccccc4)c3)ccc2c1. The molecule has 0 amide bonds. The van der Waals surface area contributed by atoms with Crippen molar-refractivity contribution < 1.29 is 0 Å². The molecule has 1 aliphatic rings. The van der Waals surface area contributed by atoms with Crippen LogP contribution >= 0.6 is 0 Å². The van der Waals surface area contributed by atoms with E-state index in [1.165, 1.54) is 82.7 Å². The molecule has 0 fully saturated rings. The summed E-state index contributed by atoms with van der Waals surface area (Å²) < 4.78 is 0. The molecule has 1 nitrogen and oxygen atoms in total. The number of hydrogen-bond donors (Lipinski definition) is 0. The van der Waals surface area contributed by atoms with Gasteiger partial charge >= 0.3 is 0 Å². The van der Waals surface area contributed by atoms with Crippen LogP contribution in [-0.2, 0) is 0 Å². The molecule has 1 aliphatic carbocycles. The summed E-state index contributed by atoms with van der Waals surface area (Å²) in [6, 6.07) is 65.8. The second-order valence-corrected chi connectivity index (χ2v) is 13.1. The second-order valence-electron chi connectivity index (χ2n) is 13.1. The Kier molecular flexibility index (Phi) is 6.31. The minimum Gasteiger partial charge on any atom is -0.192 e. The lowest BCUT2D eigenvalue weighted by Gasteiger charge is -2.20. The number of fused-ring (bicyclic) bond motifs is 5. The summed E-state index contributed by atoms with van der Waals surface area (Å²) in [6.07, 6.45) is 0. The van der Waals surface area contributed by atoms with E-state index in [0.29, 0.717) is 5.56 Å². The Morgan fingerprint density at radius 2 is 0.840 bits per heavy atom. The Bertz CT molecular complexity index is 2760. The number of hydrogen-bond acceptors (Lipinski definition) is 1. The van der Waals surface area contributed by atoms with E-state index >= 15 is 0 Å². The first kappa shape index (κ1) is 28.3. The highest BCUT2D eigenvalue weighted by Crippen LogP contribution is 2.58. The maximum atomic E-state index is 9.36. The van der Waals surface area contributed by atoms with Crippen molar-refractivity contribution in [2.45, 2.75) is 0 Å². The van der Waals surface area contributed by atoms with E-state index in [1.54, 1.807) is 0 Å².